The highest BCUT2D eigenvalue weighted by Gasteiger charge is 2.22. The molecule has 2 rings (SSSR count). The van der Waals surface area contributed by atoms with E-state index in [-0.39, 0.29) is 0 Å². The quantitative estimate of drug-likeness (QED) is 0.533. The van der Waals surface area contributed by atoms with E-state index in [0.29, 0.717) is 16.3 Å². The molecule has 138 valence electrons. The van der Waals surface area contributed by atoms with E-state index in [9.17, 15) is 13.2 Å². The Morgan fingerprint density at radius 2 is 1.96 bits per heavy atom. The summed E-state index contributed by atoms with van der Waals surface area (Å²) in [6.07, 6.45) is 2.50. The number of hydrazone groups is 1. The van der Waals surface area contributed by atoms with Crippen molar-refractivity contribution in [1.82, 2.24) is 5.43 Å². The second-order valence-corrected chi connectivity index (χ2v) is 8.64. The summed E-state index contributed by atoms with van der Waals surface area (Å²) in [4.78, 5) is 12.2. The SMILES string of the molecule is Cc1c(Cl)cccc1N(CC(=O)N/N=C\c1ccccc1Br)S(C)(=O)=O. The van der Waals surface area contributed by atoms with Gasteiger partial charge in [-0.05, 0) is 30.7 Å². The Morgan fingerprint density at radius 1 is 1.27 bits per heavy atom. The van der Waals surface area contributed by atoms with Crippen molar-refractivity contribution in [3.05, 3.63) is 63.1 Å². The minimum absolute atomic E-state index is 0.352. The van der Waals surface area contributed by atoms with Crippen LogP contribution in [-0.2, 0) is 14.8 Å². The molecular formula is C17H17BrClN3O3S. The molecule has 1 amide bonds. The number of halogens is 2. The second kappa shape index (κ2) is 8.66. The molecule has 0 saturated carbocycles. The minimum atomic E-state index is -3.68. The van der Waals surface area contributed by atoms with Crippen molar-refractivity contribution in [2.45, 2.75) is 6.92 Å². The van der Waals surface area contributed by atoms with E-state index in [2.05, 4.69) is 26.5 Å². The lowest BCUT2D eigenvalue weighted by Crippen LogP contribution is -2.39. The summed E-state index contributed by atoms with van der Waals surface area (Å²) in [7, 11) is -3.68. The Bertz CT molecular complexity index is 948. The van der Waals surface area contributed by atoms with Gasteiger partial charge in [-0.3, -0.25) is 9.10 Å². The molecule has 0 unspecified atom stereocenters. The van der Waals surface area contributed by atoms with Gasteiger partial charge in [-0.15, -0.1) is 0 Å². The first-order valence-electron chi connectivity index (χ1n) is 7.49. The van der Waals surface area contributed by atoms with Crippen LogP contribution in [0.2, 0.25) is 5.02 Å². The molecule has 2 aromatic rings. The van der Waals surface area contributed by atoms with Gasteiger partial charge in [0, 0.05) is 15.1 Å². The molecule has 0 atom stereocenters. The molecule has 0 aliphatic rings. The van der Waals surface area contributed by atoms with Crippen LogP contribution < -0.4 is 9.73 Å². The maximum atomic E-state index is 12.2. The van der Waals surface area contributed by atoms with Gasteiger partial charge in [-0.25, -0.2) is 13.8 Å². The summed E-state index contributed by atoms with van der Waals surface area (Å²) in [6.45, 7) is 1.28. The number of carbonyl (C=O) groups excluding carboxylic acids is 1. The summed E-state index contributed by atoms with van der Waals surface area (Å²) in [5.74, 6) is -0.571. The smallest absolute Gasteiger partial charge is 0.260 e. The van der Waals surface area contributed by atoms with Gasteiger partial charge in [-0.2, -0.15) is 5.10 Å². The number of amides is 1. The molecule has 2 aromatic carbocycles. The fraction of sp³-hybridized carbons (Fsp3) is 0.176. The van der Waals surface area contributed by atoms with Crippen LogP contribution in [0, 0.1) is 6.92 Å². The van der Waals surface area contributed by atoms with Crippen LogP contribution in [-0.4, -0.2) is 33.3 Å². The normalized spacial score (nSPS) is 11.5. The number of nitrogens with zero attached hydrogens (tertiary/aromatic N) is 2. The van der Waals surface area contributed by atoms with Crippen molar-refractivity contribution in [3.63, 3.8) is 0 Å². The van der Waals surface area contributed by atoms with Crippen LogP contribution in [0.4, 0.5) is 5.69 Å². The van der Waals surface area contributed by atoms with E-state index >= 15 is 0 Å². The topological polar surface area (TPSA) is 78.8 Å². The lowest BCUT2D eigenvalue weighted by Gasteiger charge is -2.23. The highest BCUT2D eigenvalue weighted by Crippen LogP contribution is 2.27. The van der Waals surface area contributed by atoms with Crippen molar-refractivity contribution in [2.75, 3.05) is 17.1 Å². The molecule has 26 heavy (non-hydrogen) atoms. The fourth-order valence-corrected chi connectivity index (χ4v) is 3.63. The third-order valence-electron chi connectivity index (χ3n) is 3.49. The molecule has 0 heterocycles. The molecule has 6 nitrogen and oxygen atoms in total. The van der Waals surface area contributed by atoms with Gasteiger partial charge >= 0.3 is 0 Å². The highest BCUT2D eigenvalue weighted by molar-refractivity contribution is 9.10. The zero-order valence-electron chi connectivity index (χ0n) is 14.1. The summed E-state index contributed by atoms with van der Waals surface area (Å²) in [5, 5.41) is 4.29. The molecule has 9 heteroatoms. The molecule has 0 spiro atoms. The van der Waals surface area contributed by atoms with Crippen LogP contribution in [0.1, 0.15) is 11.1 Å². The first-order valence-corrected chi connectivity index (χ1v) is 10.5. The third kappa shape index (κ3) is 5.30. The molecule has 0 radical (unpaired) electrons. The standard InChI is InChI=1S/C17H17BrClN3O3S/c1-12-15(19)8-5-9-16(12)22(26(2,24)25)11-17(23)21-20-10-13-6-3-4-7-14(13)18/h3-10H,11H2,1-2H3,(H,21,23)/b20-10-. The van der Waals surface area contributed by atoms with Crippen LogP contribution in [0.3, 0.4) is 0 Å². The van der Waals surface area contributed by atoms with E-state index in [0.717, 1.165) is 20.6 Å². The average Bonchev–Trinajstić information content (AvgIpc) is 2.56. The molecule has 0 aromatic heterocycles. The number of anilines is 1. The number of rotatable bonds is 6. The Morgan fingerprint density at radius 3 is 2.62 bits per heavy atom. The maximum absolute atomic E-state index is 12.2. The van der Waals surface area contributed by atoms with Gasteiger partial charge in [0.25, 0.3) is 5.91 Å². The molecule has 0 aliphatic carbocycles. The summed E-state index contributed by atoms with van der Waals surface area (Å²) in [5.41, 5.74) is 4.04. The zero-order valence-corrected chi connectivity index (χ0v) is 17.3. The summed E-state index contributed by atoms with van der Waals surface area (Å²) < 4.78 is 26.1. The lowest BCUT2D eigenvalue weighted by molar-refractivity contribution is -0.119. The fourth-order valence-electron chi connectivity index (χ4n) is 2.17. The molecule has 0 aliphatic heterocycles. The maximum Gasteiger partial charge on any atom is 0.260 e. The van der Waals surface area contributed by atoms with Crippen molar-refractivity contribution in [1.29, 1.82) is 0 Å². The largest absolute Gasteiger partial charge is 0.271 e. The number of nitrogens with one attached hydrogen (secondary N) is 1. The monoisotopic (exact) mass is 457 g/mol. The van der Waals surface area contributed by atoms with E-state index in [1.807, 2.05) is 24.3 Å². The van der Waals surface area contributed by atoms with Crippen LogP contribution >= 0.6 is 27.5 Å². The van der Waals surface area contributed by atoms with Crippen molar-refractivity contribution < 1.29 is 13.2 Å². The van der Waals surface area contributed by atoms with E-state index in [1.54, 1.807) is 25.1 Å². The van der Waals surface area contributed by atoms with Gasteiger partial charge in [-0.1, -0.05) is 51.8 Å². The number of carbonyl (C=O) groups is 1. The Hall–Kier alpha value is -1.90. The third-order valence-corrected chi connectivity index (χ3v) is 5.75. The van der Waals surface area contributed by atoms with Crippen molar-refractivity contribution in [3.8, 4) is 0 Å². The van der Waals surface area contributed by atoms with Crippen molar-refractivity contribution >= 4 is 55.4 Å². The van der Waals surface area contributed by atoms with E-state index in [4.69, 9.17) is 11.6 Å². The van der Waals surface area contributed by atoms with Gasteiger partial charge < -0.3 is 0 Å². The van der Waals surface area contributed by atoms with Crippen LogP contribution in [0.25, 0.3) is 0 Å². The van der Waals surface area contributed by atoms with Gasteiger partial charge in [0.2, 0.25) is 10.0 Å². The molecule has 0 bridgehead atoms. The van der Waals surface area contributed by atoms with Gasteiger partial charge in [0.1, 0.15) is 6.54 Å². The first kappa shape index (κ1) is 20.4. The Balaban J connectivity index is 2.15. The first-order chi connectivity index (χ1) is 12.2. The summed E-state index contributed by atoms with van der Waals surface area (Å²) in [6, 6.07) is 12.2. The van der Waals surface area contributed by atoms with E-state index < -0.39 is 22.5 Å². The average molecular weight is 459 g/mol. The molecule has 1 N–H and O–H groups in total. The van der Waals surface area contributed by atoms with Crippen molar-refractivity contribution in [2.24, 2.45) is 5.10 Å². The number of hydrogen-bond acceptors (Lipinski definition) is 4. The highest BCUT2D eigenvalue weighted by atomic mass is 79.9. The minimum Gasteiger partial charge on any atom is -0.271 e. The lowest BCUT2D eigenvalue weighted by atomic mass is 10.2. The zero-order chi connectivity index (χ0) is 19.3. The molecular weight excluding hydrogens is 442 g/mol. The van der Waals surface area contributed by atoms with E-state index in [1.165, 1.54) is 6.21 Å². The molecule has 0 fully saturated rings. The number of sulfonamides is 1. The van der Waals surface area contributed by atoms with Crippen LogP contribution in [0.5, 0.6) is 0 Å². The van der Waals surface area contributed by atoms with Gasteiger partial charge in [0.05, 0.1) is 18.2 Å². The Labute approximate surface area is 166 Å². The van der Waals surface area contributed by atoms with Gasteiger partial charge in [0.15, 0.2) is 0 Å². The molecule has 0 saturated heterocycles. The van der Waals surface area contributed by atoms with Crippen LogP contribution in [0.15, 0.2) is 52.0 Å². The predicted molar refractivity (Wildman–Crippen MR) is 108 cm³/mol. The predicted octanol–water partition coefficient (Wildman–Crippen LogP) is 3.33. The second-order valence-electron chi connectivity index (χ2n) is 5.47. The number of benzene rings is 2. The summed E-state index contributed by atoms with van der Waals surface area (Å²) >= 11 is 9.43. The number of hydrogen-bond donors (Lipinski definition) is 1. The Kier molecular flexibility index (Phi) is 6.80.